The zero-order chi connectivity index (χ0) is 11.7. The van der Waals surface area contributed by atoms with Gasteiger partial charge in [0.05, 0.1) is 11.0 Å². The van der Waals surface area contributed by atoms with Crippen molar-refractivity contribution >= 4 is 11.0 Å². The first-order valence-corrected chi connectivity index (χ1v) is 6.49. The Bertz CT molecular complexity index is 509. The molecule has 0 saturated carbocycles. The summed E-state index contributed by atoms with van der Waals surface area (Å²) in [5, 5.41) is 0. The van der Waals surface area contributed by atoms with Gasteiger partial charge in [0.25, 0.3) is 0 Å². The summed E-state index contributed by atoms with van der Waals surface area (Å²) < 4.78 is 2.34. The lowest BCUT2D eigenvalue weighted by atomic mass is 10.3. The molecule has 90 valence electrons. The van der Waals surface area contributed by atoms with Crippen LogP contribution in [0.1, 0.15) is 18.7 Å². The smallest absolute Gasteiger partial charge is 0.106 e. The lowest BCUT2D eigenvalue weighted by Crippen LogP contribution is -2.24. The molecule has 0 amide bonds. The molecule has 0 atom stereocenters. The second kappa shape index (κ2) is 4.49. The molecule has 1 fully saturated rings. The van der Waals surface area contributed by atoms with Crippen LogP contribution in [0.5, 0.6) is 0 Å². The number of fused-ring (bicyclic) bond motifs is 1. The minimum absolute atomic E-state index is 1.06. The molecular weight excluding hydrogens is 210 g/mol. The van der Waals surface area contributed by atoms with E-state index in [2.05, 4.69) is 45.6 Å². The van der Waals surface area contributed by atoms with Crippen molar-refractivity contribution in [3.8, 4) is 0 Å². The van der Waals surface area contributed by atoms with Crippen LogP contribution in [0.3, 0.4) is 0 Å². The zero-order valence-corrected chi connectivity index (χ0v) is 10.4. The fraction of sp³-hybridized carbons (Fsp3) is 0.500. The minimum atomic E-state index is 1.06. The second-order valence-corrected chi connectivity index (χ2v) is 4.85. The molecule has 3 nitrogen and oxygen atoms in total. The molecule has 0 radical (unpaired) electrons. The van der Waals surface area contributed by atoms with Crippen LogP contribution in [0.25, 0.3) is 11.0 Å². The van der Waals surface area contributed by atoms with E-state index in [1.165, 1.54) is 31.4 Å². The third kappa shape index (κ3) is 2.07. The van der Waals surface area contributed by atoms with Crippen LogP contribution >= 0.6 is 0 Å². The number of likely N-dealkylation sites (tertiary alicyclic amines) is 1. The van der Waals surface area contributed by atoms with E-state index in [-0.39, 0.29) is 0 Å². The van der Waals surface area contributed by atoms with Crippen molar-refractivity contribution in [1.82, 2.24) is 14.5 Å². The van der Waals surface area contributed by atoms with Crippen LogP contribution in [-0.2, 0) is 6.54 Å². The van der Waals surface area contributed by atoms with Crippen molar-refractivity contribution in [2.75, 3.05) is 19.6 Å². The molecule has 1 saturated heterocycles. The van der Waals surface area contributed by atoms with E-state index in [0.29, 0.717) is 0 Å². The summed E-state index contributed by atoms with van der Waals surface area (Å²) in [6.07, 6.45) is 2.73. The number of para-hydroxylation sites is 2. The number of hydrogen-bond donors (Lipinski definition) is 0. The lowest BCUT2D eigenvalue weighted by molar-refractivity contribution is 0.323. The highest BCUT2D eigenvalue weighted by Gasteiger charge is 2.12. The molecule has 1 aliphatic heterocycles. The standard InChI is InChI=1S/C14H19N3/c1-12-15-13-6-2-3-7-14(13)17(12)11-10-16-8-4-5-9-16/h2-3,6-7H,4-5,8-11H2,1H3. The van der Waals surface area contributed by atoms with E-state index in [4.69, 9.17) is 0 Å². The molecule has 0 aliphatic carbocycles. The van der Waals surface area contributed by atoms with Gasteiger partial charge in [0.1, 0.15) is 5.82 Å². The molecule has 1 aromatic heterocycles. The summed E-state index contributed by atoms with van der Waals surface area (Å²) in [7, 11) is 0. The number of benzene rings is 1. The van der Waals surface area contributed by atoms with Crippen LogP contribution in [0.2, 0.25) is 0 Å². The highest BCUT2D eigenvalue weighted by Crippen LogP contribution is 2.16. The van der Waals surface area contributed by atoms with Crippen LogP contribution in [-0.4, -0.2) is 34.1 Å². The molecule has 1 aromatic carbocycles. The van der Waals surface area contributed by atoms with Crippen molar-refractivity contribution in [1.29, 1.82) is 0 Å². The number of imidazole rings is 1. The summed E-state index contributed by atoms with van der Waals surface area (Å²) >= 11 is 0. The predicted octanol–water partition coefficient (Wildman–Crippen LogP) is 2.44. The molecule has 2 heterocycles. The van der Waals surface area contributed by atoms with Gasteiger partial charge < -0.3 is 9.47 Å². The first-order chi connectivity index (χ1) is 8.34. The quantitative estimate of drug-likeness (QED) is 0.806. The van der Waals surface area contributed by atoms with Crippen LogP contribution in [0.15, 0.2) is 24.3 Å². The summed E-state index contributed by atoms with van der Waals surface area (Å²) in [5.41, 5.74) is 2.38. The molecule has 0 N–H and O–H groups in total. The van der Waals surface area contributed by atoms with Crippen molar-refractivity contribution < 1.29 is 0 Å². The zero-order valence-electron chi connectivity index (χ0n) is 10.4. The molecule has 0 unspecified atom stereocenters. The summed E-state index contributed by atoms with van der Waals surface area (Å²) in [6.45, 7) is 6.86. The topological polar surface area (TPSA) is 21.1 Å². The van der Waals surface area contributed by atoms with Crippen LogP contribution < -0.4 is 0 Å². The molecular formula is C14H19N3. The second-order valence-electron chi connectivity index (χ2n) is 4.85. The van der Waals surface area contributed by atoms with E-state index < -0.39 is 0 Å². The first-order valence-electron chi connectivity index (χ1n) is 6.49. The van der Waals surface area contributed by atoms with Gasteiger partial charge in [0.2, 0.25) is 0 Å². The third-order valence-electron chi connectivity index (χ3n) is 3.68. The number of nitrogens with zero attached hydrogens (tertiary/aromatic N) is 3. The van der Waals surface area contributed by atoms with Crippen molar-refractivity contribution in [3.63, 3.8) is 0 Å². The van der Waals surface area contributed by atoms with Crippen molar-refractivity contribution in [2.45, 2.75) is 26.3 Å². The van der Waals surface area contributed by atoms with Crippen molar-refractivity contribution in [3.05, 3.63) is 30.1 Å². The Hall–Kier alpha value is -1.35. The first kappa shape index (κ1) is 10.8. The molecule has 1 aliphatic rings. The van der Waals surface area contributed by atoms with E-state index in [1.54, 1.807) is 0 Å². The van der Waals surface area contributed by atoms with Gasteiger partial charge in [-0.15, -0.1) is 0 Å². The van der Waals surface area contributed by atoms with Crippen molar-refractivity contribution in [2.24, 2.45) is 0 Å². The maximum absolute atomic E-state index is 4.60. The van der Waals surface area contributed by atoms with Crippen LogP contribution in [0, 0.1) is 6.92 Å². The van der Waals surface area contributed by atoms with E-state index in [0.717, 1.165) is 24.4 Å². The third-order valence-corrected chi connectivity index (χ3v) is 3.68. The van der Waals surface area contributed by atoms with Gasteiger partial charge in [-0.3, -0.25) is 0 Å². The lowest BCUT2D eigenvalue weighted by Gasteiger charge is -2.15. The largest absolute Gasteiger partial charge is 0.327 e. The van der Waals surface area contributed by atoms with Gasteiger partial charge in [0.15, 0.2) is 0 Å². The van der Waals surface area contributed by atoms with E-state index in [9.17, 15) is 0 Å². The van der Waals surface area contributed by atoms with Crippen LogP contribution in [0.4, 0.5) is 0 Å². The normalized spacial score (nSPS) is 17.0. The number of aryl methyl sites for hydroxylation is 1. The van der Waals surface area contributed by atoms with E-state index >= 15 is 0 Å². The van der Waals surface area contributed by atoms with Gasteiger partial charge in [0, 0.05) is 13.1 Å². The Kier molecular flexibility index (Phi) is 2.85. The average Bonchev–Trinajstić information content (AvgIpc) is 2.93. The minimum Gasteiger partial charge on any atom is -0.327 e. The Morgan fingerprint density at radius 3 is 2.71 bits per heavy atom. The molecule has 3 rings (SSSR count). The molecule has 2 aromatic rings. The Morgan fingerprint density at radius 2 is 1.88 bits per heavy atom. The summed E-state index contributed by atoms with van der Waals surface area (Å²) in [5.74, 6) is 1.13. The summed E-state index contributed by atoms with van der Waals surface area (Å²) in [6, 6.07) is 8.41. The molecule has 17 heavy (non-hydrogen) atoms. The fourth-order valence-corrected chi connectivity index (χ4v) is 2.73. The Balaban J connectivity index is 1.81. The van der Waals surface area contributed by atoms with Gasteiger partial charge in [-0.25, -0.2) is 4.98 Å². The highest BCUT2D eigenvalue weighted by molar-refractivity contribution is 5.75. The van der Waals surface area contributed by atoms with Gasteiger partial charge >= 0.3 is 0 Å². The van der Waals surface area contributed by atoms with Gasteiger partial charge in [-0.2, -0.15) is 0 Å². The maximum Gasteiger partial charge on any atom is 0.106 e. The number of rotatable bonds is 3. The SMILES string of the molecule is Cc1nc2ccccc2n1CCN1CCCC1. The number of aromatic nitrogens is 2. The maximum atomic E-state index is 4.60. The van der Waals surface area contributed by atoms with E-state index in [1.807, 2.05) is 0 Å². The molecule has 0 bridgehead atoms. The molecule has 0 spiro atoms. The molecule has 3 heteroatoms. The Labute approximate surface area is 102 Å². The number of hydrogen-bond acceptors (Lipinski definition) is 2. The Morgan fingerprint density at radius 1 is 1.12 bits per heavy atom. The fourth-order valence-electron chi connectivity index (χ4n) is 2.73. The predicted molar refractivity (Wildman–Crippen MR) is 70.1 cm³/mol. The highest BCUT2D eigenvalue weighted by atomic mass is 15.2. The average molecular weight is 229 g/mol. The summed E-state index contributed by atoms with van der Waals surface area (Å²) in [4.78, 5) is 7.15. The monoisotopic (exact) mass is 229 g/mol. The van der Waals surface area contributed by atoms with Gasteiger partial charge in [-0.05, 0) is 45.0 Å². The van der Waals surface area contributed by atoms with Gasteiger partial charge in [-0.1, -0.05) is 12.1 Å².